The number of hydrogen-bond acceptors (Lipinski definition) is 3. The maximum absolute atomic E-state index is 5.05. The molecule has 0 aliphatic heterocycles. The average Bonchev–Trinajstić information content (AvgIpc) is 2.93. The van der Waals surface area contributed by atoms with E-state index < -0.39 is 0 Å². The van der Waals surface area contributed by atoms with Crippen molar-refractivity contribution in [3.63, 3.8) is 0 Å². The quantitative estimate of drug-likeness (QED) is 0.719. The first kappa shape index (κ1) is 8.21. The van der Waals surface area contributed by atoms with Gasteiger partial charge in [-0.3, -0.25) is 0 Å². The third kappa shape index (κ3) is 1.11. The van der Waals surface area contributed by atoms with Gasteiger partial charge in [0.05, 0.1) is 0 Å². The highest BCUT2D eigenvalue weighted by Crippen LogP contribution is 2.52. The molecule has 3 nitrogen and oxygen atoms in total. The van der Waals surface area contributed by atoms with E-state index in [-0.39, 0.29) is 0 Å². The van der Waals surface area contributed by atoms with E-state index >= 15 is 0 Å². The molecule has 0 N–H and O–H groups in total. The minimum Gasteiger partial charge on any atom is -0.335 e. The van der Waals surface area contributed by atoms with Crippen LogP contribution < -0.4 is 0 Å². The highest BCUT2D eigenvalue weighted by molar-refractivity contribution is 5.33. The number of aromatic nitrogens is 2. The molecule has 2 aliphatic rings. The largest absolute Gasteiger partial charge is 0.335 e. The van der Waals surface area contributed by atoms with Crippen LogP contribution in [-0.2, 0) is 0 Å². The lowest BCUT2D eigenvalue weighted by molar-refractivity contribution is 0.365. The van der Waals surface area contributed by atoms with Gasteiger partial charge in [0.2, 0.25) is 5.89 Å². The van der Waals surface area contributed by atoms with Crippen LogP contribution in [0.3, 0.4) is 0 Å². The summed E-state index contributed by atoms with van der Waals surface area (Å²) in [5, 5.41) is 4.03. The van der Waals surface area contributed by atoms with E-state index in [4.69, 9.17) is 4.52 Å². The summed E-state index contributed by atoms with van der Waals surface area (Å²) in [6.45, 7) is 3.62. The molecule has 3 atom stereocenters. The Morgan fingerprint density at radius 2 is 2.29 bits per heavy atom. The third-order valence-corrected chi connectivity index (χ3v) is 3.70. The predicted octanol–water partition coefficient (Wildman–Crippen LogP) is 2.62. The molecule has 3 unspecified atom stereocenters. The summed E-state index contributed by atoms with van der Waals surface area (Å²) in [6.07, 6.45) is 7.02. The first-order chi connectivity index (χ1) is 6.86. The summed E-state index contributed by atoms with van der Waals surface area (Å²) in [7, 11) is 0. The average molecular weight is 190 g/mol. The molecular weight excluding hydrogens is 176 g/mol. The second-order valence-electron chi connectivity index (χ2n) is 4.48. The lowest BCUT2D eigenvalue weighted by atomic mass is 9.88. The third-order valence-electron chi connectivity index (χ3n) is 3.70. The van der Waals surface area contributed by atoms with E-state index in [2.05, 4.69) is 16.7 Å². The molecule has 2 bridgehead atoms. The minimum atomic E-state index is 0.558. The zero-order chi connectivity index (χ0) is 9.54. The van der Waals surface area contributed by atoms with Crippen LogP contribution in [0.2, 0.25) is 0 Å². The molecular formula is C11H14N2O. The van der Waals surface area contributed by atoms with Crippen molar-refractivity contribution in [2.45, 2.75) is 31.6 Å². The van der Waals surface area contributed by atoms with Gasteiger partial charge in [-0.25, -0.2) is 0 Å². The Morgan fingerprint density at radius 3 is 2.86 bits per heavy atom. The van der Waals surface area contributed by atoms with Crippen LogP contribution in [0.15, 0.2) is 11.1 Å². The van der Waals surface area contributed by atoms with Crippen molar-refractivity contribution in [2.75, 3.05) is 0 Å². The standard InChI is InChI=1S/C11H14N2O/c1-2-10-12-11(13-14-10)9-6-7-3-4-8(9)5-7/h2,7-9H,1,3-6H2. The molecule has 1 aromatic rings. The van der Waals surface area contributed by atoms with E-state index in [9.17, 15) is 0 Å². The summed E-state index contributed by atoms with van der Waals surface area (Å²) in [5.74, 6) is 3.77. The van der Waals surface area contributed by atoms with Gasteiger partial charge in [-0.15, -0.1) is 0 Å². The molecule has 0 spiro atoms. The fourth-order valence-corrected chi connectivity index (χ4v) is 3.04. The Kier molecular flexibility index (Phi) is 1.72. The first-order valence-electron chi connectivity index (χ1n) is 5.33. The molecule has 2 fully saturated rings. The van der Waals surface area contributed by atoms with E-state index in [0.717, 1.165) is 17.7 Å². The summed E-state index contributed by atoms with van der Waals surface area (Å²) in [4.78, 5) is 4.33. The van der Waals surface area contributed by atoms with Crippen molar-refractivity contribution in [2.24, 2.45) is 11.8 Å². The molecule has 2 saturated carbocycles. The maximum Gasteiger partial charge on any atom is 0.250 e. The predicted molar refractivity (Wildman–Crippen MR) is 52.6 cm³/mol. The van der Waals surface area contributed by atoms with Crippen molar-refractivity contribution in [1.29, 1.82) is 0 Å². The fourth-order valence-electron chi connectivity index (χ4n) is 3.04. The Balaban J connectivity index is 1.85. The van der Waals surface area contributed by atoms with E-state index in [0.29, 0.717) is 11.8 Å². The topological polar surface area (TPSA) is 38.9 Å². The molecule has 74 valence electrons. The molecule has 0 amide bonds. The second-order valence-corrected chi connectivity index (χ2v) is 4.48. The summed E-state index contributed by atoms with van der Waals surface area (Å²) in [5.41, 5.74) is 0. The summed E-state index contributed by atoms with van der Waals surface area (Å²) < 4.78 is 5.05. The van der Waals surface area contributed by atoms with Crippen molar-refractivity contribution >= 4 is 6.08 Å². The second kappa shape index (κ2) is 2.94. The molecule has 0 saturated heterocycles. The highest BCUT2D eigenvalue weighted by atomic mass is 16.5. The van der Waals surface area contributed by atoms with Crippen LogP contribution in [0.4, 0.5) is 0 Å². The van der Waals surface area contributed by atoms with Crippen LogP contribution >= 0.6 is 0 Å². The van der Waals surface area contributed by atoms with Crippen LogP contribution in [0, 0.1) is 11.8 Å². The highest BCUT2D eigenvalue weighted by Gasteiger charge is 2.42. The van der Waals surface area contributed by atoms with E-state index in [1.807, 2.05) is 0 Å². The van der Waals surface area contributed by atoms with Gasteiger partial charge in [0.15, 0.2) is 5.82 Å². The molecule has 1 aromatic heterocycles. The van der Waals surface area contributed by atoms with Gasteiger partial charge in [0.1, 0.15) is 0 Å². The van der Waals surface area contributed by atoms with E-state index in [1.54, 1.807) is 6.08 Å². The molecule has 14 heavy (non-hydrogen) atoms. The van der Waals surface area contributed by atoms with Crippen LogP contribution in [0.1, 0.15) is 43.3 Å². The SMILES string of the molecule is C=Cc1nc(C2CC3CCC2C3)no1. The van der Waals surface area contributed by atoms with Crippen molar-refractivity contribution < 1.29 is 4.52 Å². The monoisotopic (exact) mass is 190 g/mol. The summed E-state index contributed by atoms with van der Waals surface area (Å²) >= 11 is 0. The van der Waals surface area contributed by atoms with Gasteiger partial charge in [0, 0.05) is 5.92 Å². The molecule has 0 aromatic carbocycles. The Labute approximate surface area is 83.2 Å². The van der Waals surface area contributed by atoms with Crippen molar-refractivity contribution in [3.05, 3.63) is 18.3 Å². The lowest BCUT2D eigenvalue weighted by Gasteiger charge is -2.17. The molecule has 3 rings (SSSR count). The van der Waals surface area contributed by atoms with Crippen molar-refractivity contribution in [3.8, 4) is 0 Å². The molecule has 2 aliphatic carbocycles. The number of rotatable bonds is 2. The Hall–Kier alpha value is -1.12. The lowest BCUT2D eigenvalue weighted by Crippen LogP contribution is -2.09. The van der Waals surface area contributed by atoms with Gasteiger partial charge in [-0.2, -0.15) is 4.98 Å². The number of nitrogens with zero attached hydrogens (tertiary/aromatic N) is 2. The minimum absolute atomic E-state index is 0.558. The maximum atomic E-state index is 5.05. The number of fused-ring (bicyclic) bond motifs is 2. The molecule has 3 heteroatoms. The molecule has 0 radical (unpaired) electrons. The van der Waals surface area contributed by atoms with Gasteiger partial charge in [-0.05, 0) is 37.2 Å². The zero-order valence-corrected chi connectivity index (χ0v) is 8.15. The van der Waals surface area contributed by atoms with Gasteiger partial charge in [0.25, 0.3) is 0 Å². The van der Waals surface area contributed by atoms with Crippen LogP contribution in [0.25, 0.3) is 6.08 Å². The van der Waals surface area contributed by atoms with Gasteiger partial charge >= 0.3 is 0 Å². The van der Waals surface area contributed by atoms with Crippen LogP contribution in [0.5, 0.6) is 0 Å². The smallest absolute Gasteiger partial charge is 0.250 e. The van der Waals surface area contributed by atoms with Crippen molar-refractivity contribution in [1.82, 2.24) is 10.1 Å². The van der Waals surface area contributed by atoms with E-state index in [1.165, 1.54) is 25.7 Å². The normalized spacial score (nSPS) is 35.0. The van der Waals surface area contributed by atoms with Crippen LogP contribution in [-0.4, -0.2) is 10.1 Å². The molecule has 1 heterocycles. The van der Waals surface area contributed by atoms with Gasteiger partial charge in [-0.1, -0.05) is 18.2 Å². The fraction of sp³-hybridized carbons (Fsp3) is 0.636. The summed E-state index contributed by atoms with van der Waals surface area (Å²) in [6, 6.07) is 0. The first-order valence-corrected chi connectivity index (χ1v) is 5.33. The Bertz CT molecular complexity index is 358. The Morgan fingerprint density at radius 1 is 1.36 bits per heavy atom. The number of hydrogen-bond donors (Lipinski definition) is 0. The van der Waals surface area contributed by atoms with Gasteiger partial charge < -0.3 is 4.52 Å². The zero-order valence-electron chi connectivity index (χ0n) is 8.15.